The second-order valence-corrected chi connectivity index (χ2v) is 5.76. The number of hydrogen-bond acceptors (Lipinski definition) is 6. The highest BCUT2D eigenvalue weighted by Crippen LogP contribution is 2.31. The number of nitro benzene ring substituents is 1. The molecule has 0 fully saturated rings. The van der Waals surface area contributed by atoms with Crippen LogP contribution in [0.15, 0.2) is 30.5 Å². The fourth-order valence-corrected chi connectivity index (χ4v) is 2.28. The summed E-state index contributed by atoms with van der Waals surface area (Å²) in [6, 6.07) is 6.00. The molecule has 0 bridgehead atoms. The van der Waals surface area contributed by atoms with Gasteiger partial charge in [0, 0.05) is 6.07 Å². The Bertz CT molecular complexity index is 789. The summed E-state index contributed by atoms with van der Waals surface area (Å²) in [7, 11) is 1.41. The lowest BCUT2D eigenvalue weighted by Gasteiger charge is -2.17. The number of nitro groups is 1. The zero-order valence-electron chi connectivity index (χ0n) is 15.1. The van der Waals surface area contributed by atoms with Crippen molar-refractivity contribution in [1.29, 1.82) is 0 Å². The van der Waals surface area contributed by atoms with Gasteiger partial charge in [0.1, 0.15) is 11.6 Å². The third-order valence-electron chi connectivity index (χ3n) is 3.97. The van der Waals surface area contributed by atoms with Gasteiger partial charge in [-0.15, -0.1) is 0 Å². The molecule has 1 N–H and O–H groups in total. The summed E-state index contributed by atoms with van der Waals surface area (Å²) in [5.41, 5.74) is -0.270. The quantitative estimate of drug-likeness (QED) is 0.571. The van der Waals surface area contributed by atoms with Crippen molar-refractivity contribution < 1.29 is 19.2 Å². The highest BCUT2D eigenvalue weighted by molar-refractivity contribution is 5.93. The molecule has 26 heavy (non-hydrogen) atoms. The molecule has 9 nitrogen and oxygen atoms in total. The maximum Gasteiger partial charge on any atom is 0.314 e. The zero-order chi connectivity index (χ0) is 19.3. The Balaban J connectivity index is 2.13. The number of nitrogens with zero attached hydrogens (tertiary/aromatic N) is 3. The van der Waals surface area contributed by atoms with Crippen molar-refractivity contribution >= 4 is 17.4 Å². The van der Waals surface area contributed by atoms with Crippen LogP contribution in [0.1, 0.15) is 33.2 Å². The number of amides is 1. The molecule has 2 rings (SSSR count). The molecule has 1 aromatic carbocycles. The summed E-state index contributed by atoms with van der Waals surface area (Å²) in [5.74, 6) is 0.441. The number of carbonyl (C=O) groups excluding carboxylic acids is 1. The highest BCUT2D eigenvalue weighted by Gasteiger charge is 2.23. The standard InChI is InChI=1S/C17H22N4O5/c1-5-11(2)20-16(8-9-18-20)19-17(22)12(3)26-15-7-6-13(25-4)10-14(15)21(23)24/h6-12H,5H2,1-4H3,(H,19,22)/t11-,12-/m0/s1. The fraction of sp³-hybridized carbons (Fsp3) is 0.412. The Morgan fingerprint density at radius 1 is 1.38 bits per heavy atom. The molecule has 2 aromatic rings. The molecule has 1 aromatic heterocycles. The number of aromatic nitrogens is 2. The van der Waals surface area contributed by atoms with Crippen LogP contribution in [0.2, 0.25) is 0 Å². The van der Waals surface area contributed by atoms with Crippen LogP contribution in [0.3, 0.4) is 0 Å². The van der Waals surface area contributed by atoms with Crippen LogP contribution in [-0.4, -0.2) is 33.8 Å². The molecule has 0 aliphatic carbocycles. The first-order valence-electron chi connectivity index (χ1n) is 8.20. The van der Waals surface area contributed by atoms with E-state index in [4.69, 9.17) is 9.47 Å². The van der Waals surface area contributed by atoms with E-state index in [2.05, 4.69) is 10.4 Å². The molecule has 1 heterocycles. The van der Waals surface area contributed by atoms with Crippen LogP contribution >= 0.6 is 0 Å². The Morgan fingerprint density at radius 2 is 2.12 bits per heavy atom. The minimum atomic E-state index is -0.942. The molecule has 140 valence electrons. The van der Waals surface area contributed by atoms with Crippen LogP contribution in [0.25, 0.3) is 0 Å². The predicted octanol–water partition coefficient (Wildman–Crippen LogP) is 3.18. The molecule has 0 aliphatic rings. The summed E-state index contributed by atoms with van der Waals surface area (Å²) in [6.07, 6.45) is 1.51. The third kappa shape index (κ3) is 4.29. The van der Waals surface area contributed by atoms with Gasteiger partial charge in [-0.3, -0.25) is 14.9 Å². The summed E-state index contributed by atoms with van der Waals surface area (Å²) in [5, 5.41) is 18.1. The summed E-state index contributed by atoms with van der Waals surface area (Å²) < 4.78 is 12.2. The lowest BCUT2D eigenvalue weighted by atomic mass is 10.2. The Labute approximate surface area is 151 Å². The van der Waals surface area contributed by atoms with E-state index in [9.17, 15) is 14.9 Å². The smallest absolute Gasteiger partial charge is 0.314 e. The van der Waals surface area contributed by atoms with Gasteiger partial charge in [0.15, 0.2) is 11.9 Å². The van der Waals surface area contributed by atoms with Crippen LogP contribution in [0.4, 0.5) is 11.5 Å². The van der Waals surface area contributed by atoms with Gasteiger partial charge in [0.2, 0.25) is 0 Å². The maximum absolute atomic E-state index is 12.4. The minimum Gasteiger partial charge on any atom is -0.496 e. The van der Waals surface area contributed by atoms with Gasteiger partial charge in [-0.2, -0.15) is 5.10 Å². The fourth-order valence-electron chi connectivity index (χ4n) is 2.28. The molecule has 0 aliphatic heterocycles. The van der Waals surface area contributed by atoms with Crippen molar-refractivity contribution in [1.82, 2.24) is 9.78 Å². The number of benzene rings is 1. The van der Waals surface area contributed by atoms with Crippen molar-refractivity contribution in [2.24, 2.45) is 0 Å². The topological polar surface area (TPSA) is 109 Å². The van der Waals surface area contributed by atoms with E-state index in [0.29, 0.717) is 11.6 Å². The molecule has 0 unspecified atom stereocenters. The average molecular weight is 362 g/mol. The zero-order valence-corrected chi connectivity index (χ0v) is 15.1. The SMILES string of the molecule is CC[C@H](C)n1nccc1NC(=O)[C@H](C)Oc1ccc(OC)cc1[N+](=O)[O-]. The van der Waals surface area contributed by atoms with Crippen LogP contribution < -0.4 is 14.8 Å². The highest BCUT2D eigenvalue weighted by atomic mass is 16.6. The van der Waals surface area contributed by atoms with Gasteiger partial charge in [-0.1, -0.05) is 6.92 Å². The number of rotatable bonds is 8. The molecule has 2 atom stereocenters. The maximum atomic E-state index is 12.4. The first-order chi connectivity index (χ1) is 12.4. The number of carbonyl (C=O) groups is 1. The summed E-state index contributed by atoms with van der Waals surface area (Å²) in [4.78, 5) is 23.0. The van der Waals surface area contributed by atoms with Gasteiger partial charge in [0.25, 0.3) is 5.91 Å². The normalized spacial score (nSPS) is 12.9. The van der Waals surface area contributed by atoms with E-state index >= 15 is 0 Å². The number of nitrogens with one attached hydrogen (secondary N) is 1. The largest absolute Gasteiger partial charge is 0.496 e. The monoisotopic (exact) mass is 362 g/mol. The second-order valence-electron chi connectivity index (χ2n) is 5.76. The number of hydrogen-bond donors (Lipinski definition) is 1. The Hall–Kier alpha value is -3.10. The van der Waals surface area contributed by atoms with Crippen molar-refractivity contribution in [2.45, 2.75) is 39.3 Å². The summed E-state index contributed by atoms with van der Waals surface area (Å²) >= 11 is 0. The molecule has 0 saturated heterocycles. The van der Waals surface area contributed by atoms with E-state index in [1.165, 1.54) is 32.2 Å². The molecule has 1 amide bonds. The van der Waals surface area contributed by atoms with Crippen molar-refractivity contribution in [3.05, 3.63) is 40.6 Å². The van der Waals surface area contributed by atoms with Crippen LogP contribution in [0.5, 0.6) is 11.5 Å². The first-order valence-corrected chi connectivity index (χ1v) is 8.20. The second kappa shape index (κ2) is 8.32. The van der Waals surface area contributed by atoms with Gasteiger partial charge in [0.05, 0.1) is 30.3 Å². The van der Waals surface area contributed by atoms with Crippen molar-refractivity contribution in [3.8, 4) is 11.5 Å². The van der Waals surface area contributed by atoms with Gasteiger partial charge >= 0.3 is 5.69 Å². The van der Waals surface area contributed by atoms with Crippen LogP contribution in [-0.2, 0) is 4.79 Å². The van der Waals surface area contributed by atoms with Gasteiger partial charge in [-0.05, 0) is 32.4 Å². The third-order valence-corrected chi connectivity index (χ3v) is 3.97. The van der Waals surface area contributed by atoms with Gasteiger partial charge < -0.3 is 14.8 Å². The van der Waals surface area contributed by atoms with Gasteiger partial charge in [-0.25, -0.2) is 4.68 Å². The molecule has 0 saturated carbocycles. The lowest BCUT2D eigenvalue weighted by Crippen LogP contribution is -2.31. The summed E-state index contributed by atoms with van der Waals surface area (Å²) in [6.45, 7) is 5.53. The number of ether oxygens (including phenoxy) is 2. The van der Waals surface area contributed by atoms with E-state index < -0.39 is 16.9 Å². The Morgan fingerprint density at radius 3 is 2.73 bits per heavy atom. The average Bonchev–Trinajstić information content (AvgIpc) is 3.09. The molecular formula is C17H22N4O5. The first kappa shape index (κ1) is 19.2. The van der Waals surface area contributed by atoms with E-state index in [-0.39, 0.29) is 17.5 Å². The molecule has 0 spiro atoms. The predicted molar refractivity (Wildman–Crippen MR) is 95.6 cm³/mol. The van der Waals surface area contributed by atoms with Crippen molar-refractivity contribution in [3.63, 3.8) is 0 Å². The van der Waals surface area contributed by atoms with Crippen molar-refractivity contribution in [2.75, 3.05) is 12.4 Å². The van der Waals surface area contributed by atoms with Crippen LogP contribution in [0, 0.1) is 10.1 Å². The minimum absolute atomic E-state index is 0.00566. The van der Waals surface area contributed by atoms with E-state index in [0.717, 1.165) is 6.42 Å². The number of methoxy groups -OCH3 is 1. The molecule has 0 radical (unpaired) electrons. The van der Waals surface area contributed by atoms with E-state index in [1.54, 1.807) is 16.9 Å². The Kier molecular flexibility index (Phi) is 6.16. The molecule has 9 heteroatoms. The molecular weight excluding hydrogens is 340 g/mol. The lowest BCUT2D eigenvalue weighted by molar-refractivity contribution is -0.386. The van der Waals surface area contributed by atoms with E-state index in [1.807, 2.05) is 13.8 Å². The number of anilines is 1.